The molecule has 0 aliphatic carbocycles. The number of carbonyl (C=O) groups excluding carboxylic acids is 1. The van der Waals surface area contributed by atoms with Gasteiger partial charge in [0.15, 0.2) is 0 Å². The van der Waals surface area contributed by atoms with Crippen molar-refractivity contribution in [3.63, 3.8) is 0 Å². The number of fused-ring (bicyclic) bond motifs is 1. The van der Waals surface area contributed by atoms with Crippen molar-refractivity contribution in [1.29, 1.82) is 0 Å². The van der Waals surface area contributed by atoms with Crippen LogP contribution in [0.4, 0.5) is 0 Å². The van der Waals surface area contributed by atoms with Gasteiger partial charge in [0.05, 0.1) is 4.91 Å². The molecule has 0 saturated carbocycles. The molecule has 24 heavy (non-hydrogen) atoms. The van der Waals surface area contributed by atoms with Gasteiger partial charge in [-0.25, -0.2) is 4.98 Å². The summed E-state index contributed by atoms with van der Waals surface area (Å²) in [6, 6.07) is 5.39. The number of aromatic nitrogens is 2. The maximum absolute atomic E-state index is 11.8. The number of hydrogen-bond donors (Lipinski definition) is 1. The van der Waals surface area contributed by atoms with Crippen molar-refractivity contribution in [2.75, 3.05) is 0 Å². The van der Waals surface area contributed by atoms with Gasteiger partial charge in [0.2, 0.25) is 0 Å². The number of amides is 1. The quantitative estimate of drug-likeness (QED) is 0.415. The molecule has 1 amide bonds. The van der Waals surface area contributed by atoms with E-state index in [-0.39, 0.29) is 5.91 Å². The number of pyridine rings is 2. The molecule has 118 valence electrons. The maximum Gasteiger partial charge on any atom is 0.263 e. The highest BCUT2D eigenvalue weighted by Crippen LogP contribution is 2.32. The summed E-state index contributed by atoms with van der Waals surface area (Å²) in [6.45, 7) is 0. The highest BCUT2D eigenvalue weighted by atomic mass is 35.5. The first-order valence-electron chi connectivity index (χ1n) is 6.84. The number of nitrogens with one attached hydrogen (secondary N) is 1. The summed E-state index contributed by atoms with van der Waals surface area (Å²) in [5.74, 6) is 0.342. The van der Waals surface area contributed by atoms with Crippen LogP contribution < -0.4 is 5.32 Å². The van der Waals surface area contributed by atoms with E-state index in [9.17, 15) is 4.79 Å². The first-order chi connectivity index (χ1) is 11.6. The molecule has 0 atom stereocenters. The van der Waals surface area contributed by atoms with Gasteiger partial charge in [-0.1, -0.05) is 35.6 Å². The normalized spacial score (nSPS) is 16.1. The van der Waals surface area contributed by atoms with E-state index >= 15 is 0 Å². The van der Waals surface area contributed by atoms with Gasteiger partial charge in [-0.15, -0.1) is 0 Å². The van der Waals surface area contributed by atoms with Crippen molar-refractivity contribution in [2.45, 2.75) is 0 Å². The summed E-state index contributed by atoms with van der Waals surface area (Å²) in [7, 11) is 0. The van der Waals surface area contributed by atoms with E-state index in [0.717, 1.165) is 16.5 Å². The fraction of sp³-hybridized carbons (Fsp3) is 0. The molecule has 3 aromatic rings. The van der Waals surface area contributed by atoms with Gasteiger partial charge in [0, 0.05) is 41.2 Å². The van der Waals surface area contributed by atoms with Crippen LogP contribution in [0, 0.1) is 0 Å². The summed E-state index contributed by atoms with van der Waals surface area (Å²) in [6.07, 6.45) is 6.75. The zero-order valence-corrected chi connectivity index (χ0v) is 14.3. The van der Waals surface area contributed by atoms with E-state index in [2.05, 4.69) is 15.3 Å². The molecular weight excluding hydrogens is 366 g/mol. The highest BCUT2D eigenvalue weighted by molar-refractivity contribution is 8.26. The molecule has 4 heterocycles. The molecule has 4 rings (SSSR count). The molecule has 1 aliphatic heterocycles. The van der Waals surface area contributed by atoms with Crippen molar-refractivity contribution < 1.29 is 9.21 Å². The summed E-state index contributed by atoms with van der Waals surface area (Å²) >= 11 is 12.0. The van der Waals surface area contributed by atoms with Crippen molar-refractivity contribution >= 4 is 62.9 Å². The van der Waals surface area contributed by atoms with Crippen LogP contribution in [-0.2, 0) is 4.79 Å². The van der Waals surface area contributed by atoms with Crippen molar-refractivity contribution in [3.8, 4) is 11.1 Å². The van der Waals surface area contributed by atoms with Crippen LogP contribution in [-0.4, -0.2) is 20.2 Å². The molecular formula is C16H8ClN3O2S2. The summed E-state index contributed by atoms with van der Waals surface area (Å²) in [5.41, 5.74) is 2.33. The molecule has 0 radical (unpaired) electrons. The average molecular weight is 374 g/mol. The van der Waals surface area contributed by atoms with Gasteiger partial charge in [-0.3, -0.25) is 9.78 Å². The molecule has 0 aromatic carbocycles. The largest absolute Gasteiger partial charge is 0.456 e. The van der Waals surface area contributed by atoms with E-state index in [1.54, 1.807) is 30.7 Å². The Bertz CT molecular complexity index is 1010. The second kappa shape index (κ2) is 6.01. The van der Waals surface area contributed by atoms with Crippen LogP contribution in [0.15, 0.2) is 46.1 Å². The van der Waals surface area contributed by atoms with Crippen LogP contribution in [0.5, 0.6) is 0 Å². The molecule has 1 aliphatic rings. The van der Waals surface area contributed by atoms with Crippen molar-refractivity contribution in [3.05, 3.63) is 52.6 Å². The zero-order valence-electron chi connectivity index (χ0n) is 11.9. The molecule has 3 aromatic heterocycles. The van der Waals surface area contributed by atoms with Crippen LogP contribution >= 0.6 is 35.6 Å². The van der Waals surface area contributed by atoms with E-state index in [0.29, 0.717) is 25.7 Å². The maximum atomic E-state index is 11.8. The minimum atomic E-state index is -0.217. The monoisotopic (exact) mass is 373 g/mol. The number of furan rings is 1. The molecule has 0 bridgehead atoms. The summed E-state index contributed by atoms with van der Waals surface area (Å²) in [5, 5.41) is 3.83. The number of halogens is 1. The van der Waals surface area contributed by atoms with Crippen LogP contribution in [0.25, 0.3) is 28.2 Å². The van der Waals surface area contributed by atoms with Crippen LogP contribution in [0.1, 0.15) is 5.76 Å². The lowest BCUT2D eigenvalue weighted by molar-refractivity contribution is -0.115. The van der Waals surface area contributed by atoms with Gasteiger partial charge in [-0.2, -0.15) is 0 Å². The summed E-state index contributed by atoms with van der Waals surface area (Å²) < 4.78 is 6.36. The minimum absolute atomic E-state index is 0.217. The third-order valence-electron chi connectivity index (χ3n) is 3.40. The van der Waals surface area contributed by atoms with Crippen molar-refractivity contribution in [2.24, 2.45) is 0 Å². The lowest BCUT2D eigenvalue weighted by Gasteiger charge is -2.01. The Morgan fingerprint density at radius 1 is 1.29 bits per heavy atom. The van der Waals surface area contributed by atoms with E-state index in [1.165, 1.54) is 11.8 Å². The lowest BCUT2D eigenvalue weighted by Crippen LogP contribution is -2.17. The zero-order chi connectivity index (χ0) is 16.7. The Morgan fingerprint density at radius 3 is 2.88 bits per heavy atom. The Hall–Kier alpha value is -2.22. The lowest BCUT2D eigenvalue weighted by atomic mass is 10.1. The Balaban J connectivity index is 1.80. The molecule has 5 nitrogen and oxygen atoms in total. The molecule has 1 N–H and O–H groups in total. The Labute approximate surface area is 151 Å². The third kappa shape index (κ3) is 2.82. The van der Waals surface area contributed by atoms with Crippen LogP contribution in [0.3, 0.4) is 0 Å². The minimum Gasteiger partial charge on any atom is -0.456 e. The number of thiocarbonyl (C=S) groups is 1. The van der Waals surface area contributed by atoms with Crippen LogP contribution in [0.2, 0.25) is 5.15 Å². The first-order valence-corrected chi connectivity index (χ1v) is 8.45. The van der Waals surface area contributed by atoms with Gasteiger partial charge in [-0.05, 0) is 18.2 Å². The molecule has 0 spiro atoms. The first kappa shape index (κ1) is 15.3. The van der Waals surface area contributed by atoms with Gasteiger partial charge in [0.1, 0.15) is 20.8 Å². The number of carbonyl (C=O) groups is 1. The number of rotatable bonds is 2. The smallest absolute Gasteiger partial charge is 0.263 e. The topological polar surface area (TPSA) is 68.0 Å². The van der Waals surface area contributed by atoms with Gasteiger partial charge < -0.3 is 9.73 Å². The Kier molecular flexibility index (Phi) is 3.84. The second-order valence-electron chi connectivity index (χ2n) is 4.98. The third-order valence-corrected chi connectivity index (χ3v) is 4.78. The molecule has 0 unspecified atom stereocenters. The van der Waals surface area contributed by atoms with Gasteiger partial charge >= 0.3 is 0 Å². The number of thioether (sulfide) groups is 1. The fourth-order valence-electron chi connectivity index (χ4n) is 2.34. The summed E-state index contributed by atoms with van der Waals surface area (Å²) in [4.78, 5) is 20.6. The second-order valence-corrected chi connectivity index (χ2v) is 7.08. The average Bonchev–Trinajstić information content (AvgIpc) is 3.10. The standard InChI is InChI=1S/C16H8ClN3O2S2/c17-13-2-1-8(6-19-13)11-7-18-5-9-3-10(22-14(9)11)4-12-15(21)20-16(23)24-12/h1-7H,(H,20,21,23)/b12-4-. The molecule has 1 fully saturated rings. The van der Waals surface area contributed by atoms with Crippen molar-refractivity contribution in [1.82, 2.24) is 15.3 Å². The SMILES string of the molecule is O=C1NC(=S)S/C1=C\c1cc2cncc(-c3ccc(Cl)nc3)c2o1. The predicted molar refractivity (Wildman–Crippen MR) is 98.6 cm³/mol. The van der Waals surface area contributed by atoms with E-state index < -0.39 is 0 Å². The molecule has 8 heteroatoms. The highest BCUT2D eigenvalue weighted by Gasteiger charge is 2.22. The predicted octanol–water partition coefficient (Wildman–Crippen LogP) is 4.03. The van der Waals surface area contributed by atoms with E-state index in [4.69, 9.17) is 28.2 Å². The Morgan fingerprint density at radius 2 is 2.17 bits per heavy atom. The molecule has 1 saturated heterocycles. The fourth-order valence-corrected chi connectivity index (χ4v) is 3.48. The number of hydrogen-bond acceptors (Lipinski definition) is 6. The number of nitrogens with zero attached hydrogens (tertiary/aromatic N) is 2. The van der Waals surface area contributed by atoms with E-state index in [1.807, 2.05) is 12.1 Å². The van der Waals surface area contributed by atoms with Gasteiger partial charge in [0.25, 0.3) is 5.91 Å².